The van der Waals surface area contributed by atoms with Crippen molar-refractivity contribution in [2.75, 3.05) is 0 Å². The average Bonchev–Trinajstić information content (AvgIpc) is 2.90. The molecule has 6 heteroatoms. The zero-order valence-electron chi connectivity index (χ0n) is 10.2. The predicted molar refractivity (Wildman–Crippen MR) is 72.6 cm³/mol. The van der Waals surface area contributed by atoms with Gasteiger partial charge in [0.15, 0.2) is 5.78 Å². The summed E-state index contributed by atoms with van der Waals surface area (Å²) in [5.74, 6) is -0.218. The molecule has 0 fully saturated rings. The van der Waals surface area contributed by atoms with Gasteiger partial charge in [-0.3, -0.25) is 19.9 Å². The van der Waals surface area contributed by atoms with Crippen molar-refractivity contribution in [2.24, 2.45) is 0 Å². The van der Waals surface area contributed by atoms with Crippen molar-refractivity contribution in [2.45, 2.75) is 0 Å². The van der Waals surface area contributed by atoms with Crippen LogP contribution in [0.1, 0.15) is 15.9 Å². The van der Waals surface area contributed by atoms with Crippen molar-refractivity contribution in [3.8, 4) is 0 Å². The molecule has 0 saturated heterocycles. The fourth-order valence-electron chi connectivity index (χ4n) is 2.06. The Balaban J connectivity index is 2.14. The SMILES string of the molecule is O=C(c1cccnc1)c1c[nH]c2ccc([N+](=O)[O-])cc12. The van der Waals surface area contributed by atoms with Crippen LogP contribution in [0.5, 0.6) is 0 Å². The molecular formula is C14H9N3O3. The zero-order chi connectivity index (χ0) is 14.1. The lowest BCUT2D eigenvalue weighted by Crippen LogP contribution is -2.00. The number of nitro benzene ring substituents is 1. The van der Waals surface area contributed by atoms with Gasteiger partial charge >= 0.3 is 0 Å². The number of non-ortho nitro benzene ring substituents is 1. The number of pyridine rings is 1. The first-order valence-corrected chi connectivity index (χ1v) is 5.87. The highest BCUT2D eigenvalue weighted by atomic mass is 16.6. The molecule has 0 saturated carbocycles. The second-order valence-corrected chi connectivity index (χ2v) is 4.26. The molecule has 0 aliphatic carbocycles. The second kappa shape index (κ2) is 4.58. The van der Waals surface area contributed by atoms with Crippen LogP contribution in [0, 0.1) is 10.1 Å². The van der Waals surface area contributed by atoms with E-state index >= 15 is 0 Å². The van der Waals surface area contributed by atoms with Gasteiger partial charge in [-0.2, -0.15) is 0 Å². The Morgan fingerprint density at radius 2 is 2.15 bits per heavy atom. The number of rotatable bonds is 3. The maximum atomic E-state index is 12.4. The lowest BCUT2D eigenvalue weighted by atomic mass is 10.0. The lowest BCUT2D eigenvalue weighted by Gasteiger charge is -1.99. The highest BCUT2D eigenvalue weighted by molar-refractivity contribution is 6.16. The largest absolute Gasteiger partial charge is 0.360 e. The fourth-order valence-corrected chi connectivity index (χ4v) is 2.06. The molecule has 6 nitrogen and oxygen atoms in total. The Morgan fingerprint density at radius 3 is 2.85 bits per heavy atom. The fraction of sp³-hybridized carbons (Fsp3) is 0. The zero-order valence-corrected chi connectivity index (χ0v) is 10.2. The molecule has 2 aromatic heterocycles. The number of aromatic nitrogens is 2. The summed E-state index contributed by atoms with van der Waals surface area (Å²) in [5, 5.41) is 11.4. The van der Waals surface area contributed by atoms with E-state index in [2.05, 4.69) is 9.97 Å². The molecule has 2 heterocycles. The minimum Gasteiger partial charge on any atom is -0.360 e. The molecule has 0 aliphatic heterocycles. The number of H-pyrrole nitrogens is 1. The topological polar surface area (TPSA) is 88.9 Å². The molecule has 0 radical (unpaired) electrons. The Hall–Kier alpha value is -3.02. The summed E-state index contributed by atoms with van der Waals surface area (Å²) in [5.41, 5.74) is 1.48. The van der Waals surface area contributed by atoms with Crippen molar-refractivity contribution in [3.63, 3.8) is 0 Å². The van der Waals surface area contributed by atoms with E-state index in [1.807, 2.05) is 0 Å². The number of fused-ring (bicyclic) bond motifs is 1. The Morgan fingerprint density at radius 1 is 1.30 bits per heavy atom. The van der Waals surface area contributed by atoms with E-state index in [0.29, 0.717) is 22.0 Å². The van der Waals surface area contributed by atoms with Crippen LogP contribution in [0.15, 0.2) is 48.9 Å². The van der Waals surface area contributed by atoms with Crippen LogP contribution in [0.2, 0.25) is 0 Å². The molecule has 0 amide bonds. The van der Waals surface area contributed by atoms with E-state index < -0.39 is 4.92 Å². The monoisotopic (exact) mass is 267 g/mol. The number of hydrogen-bond acceptors (Lipinski definition) is 4. The van der Waals surface area contributed by atoms with Crippen molar-refractivity contribution in [1.82, 2.24) is 9.97 Å². The van der Waals surface area contributed by atoms with Gasteiger partial charge in [-0.1, -0.05) is 0 Å². The second-order valence-electron chi connectivity index (χ2n) is 4.26. The third-order valence-electron chi connectivity index (χ3n) is 3.04. The number of nitro groups is 1. The van der Waals surface area contributed by atoms with E-state index in [4.69, 9.17) is 0 Å². The standard InChI is InChI=1S/C14H9N3O3/c18-14(9-2-1-5-15-7-9)12-8-16-13-4-3-10(17(19)20)6-11(12)13/h1-8,16H. The van der Waals surface area contributed by atoms with Gasteiger partial charge in [0.05, 0.1) is 4.92 Å². The maximum Gasteiger partial charge on any atom is 0.270 e. The number of carbonyl (C=O) groups excluding carboxylic acids is 1. The summed E-state index contributed by atoms with van der Waals surface area (Å²) in [6.45, 7) is 0. The van der Waals surface area contributed by atoms with Crippen molar-refractivity contribution < 1.29 is 9.72 Å². The van der Waals surface area contributed by atoms with Gasteiger partial charge < -0.3 is 4.98 Å². The van der Waals surface area contributed by atoms with E-state index in [1.54, 1.807) is 30.6 Å². The predicted octanol–water partition coefficient (Wildman–Crippen LogP) is 2.70. The van der Waals surface area contributed by atoms with Crippen molar-refractivity contribution in [3.05, 3.63) is 70.2 Å². The molecule has 1 N–H and O–H groups in total. The van der Waals surface area contributed by atoms with E-state index in [1.165, 1.54) is 18.3 Å². The average molecular weight is 267 g/mol. The molecule has 0 aliphatic rings. The molecule has 0 spiro atoms. The summed E-state index contributed by atoms with van der Waals surface area (Å²) < 4.78 is 0. The van der Waals surface area contributed by atoms with Crippen LogP contribution in [0.3, 0.4) is 0 Å². The first-order chi connectivity index (χ1) is 9.66. The minimum absolute atomic E-state index is 0.0441. The third-order valence-corrected chi connectivity index (χ3v) is 3.04. The number of nitrogens with one attached hydrogen (secondary N) is 1. The molecule has 0 unspecified atom stereocenters. The minimum atomic E-state index is -0.481. The number of benzene rings is 1. The maximum absolute atomic E-state index is 12.4. The van der Waals surface area contributed by atoms with E-state index in [-0.39, 0.29) is 11.5 Å². The summed E-state index contributed by atoms with van der Waals surface area (Å²) in [6, 6.07) is 7.72. The molecular weight excluding hydrogens is 258 g/mol. The lowest BCUT2D eigenvalue weighted by molar-refractivity contribution is -0.384. The summed E-state index contributed by atoms with van der Waals surface area (Å²) in [6.07, 6.45) is 4.61. The molecule has 3 aromatic rings. The van der Waals surface area contributed by atoms with Crippen LogP contribution in [-0.2, 0) is 0 Å². The summed E-state index contributed by atoms with van der Waals surface area (Å²) in [7, 11) is 0. The molecule has 20 heavy (non-hydrogen) atoms. The first kappa shape index (κ1) is 12.0. The van der Waals surface area contributed by atoms with Crippen LogP contribution >= 0.6 is 0 Å². The van der Waals surface area contributed by atoms with Gasteiger partial charge in [-0.15, -0.1) is 0 Å². The Kier molecular flexibility index (Phi) is 2.76. The molecule has 98 valence electrons. The smallest absolute Gasteiger partial charge is 0.270 e. The van der Waals surface area contributed by atoms with Gasteiger partial charge in [0, 0.05) is 52.8 Å². The highest BCUT2D eigenvalue weighted by Crippen LogP contribution is 2.25. The van der Waals surface area contributed by atoms with Gasteiger partial charge in [-0.05, 0) is 18.2 Å². The van der Waals surface area contributed by atoms with Gasteiger partial charge in [-0.25, -0.2) is 0 Å². The van der Waals surface area contributed by atoms with Crippen LogP contribution in [0.25, 0.3) is 10.9 Å². The summed E-state index contributed by atoms with van der Waals surface area (Å²) in [4.78, 5) is 29.6. The van der Waals surface area contributed by atoms with Crippen molar-refractivity contribution >= 4 is 22.4 Å². The molecule has 0 bridgehead atoms. The Labute approximate surface area is 113 Å². The number of carbonyl (C=O) groups is 1. The number of hydrogen-bond donors (Lipinski definition) is 1. The Bertz CT molecular complexity index is 809. The molecule has 1 aromatic carbocycles. The van der Waals surface area contributed by atoms with Gasteiger partial charge in [0.1, 0.15) is 0 Å². The van der Waals surface area contributed by atoms with Crippen LogP contribution in [-0.4, -0.2) is 20.7 Å². The third kappa shape index (κ3) is 1.93. The highest BCUT2D eigenvalue weighted by Gasteiger charge is 2.16. The number of ketones is 1. The molecule has 3 rings (SSSR count). The number of nitrogens with zero attached hydrogens (tertiary/aromatic N) is 2. The van der Waals surface area contributed by atoms with Crippen LogP contribution in [0.4, 0.5) is 5.69 Å². The summed E-state index contributed by atoms with van der Waals surface area (Å²) >= 11 is 0. The van der Waals surface area contributed by atoms with Gasteiger partial charge in [0.25, 0.3) is 5.69 Å². The first-order valence-electron chi connectivity index (χ1n) is 5.87. The quantitative estimate of drug-likeness (QED) is 0.449. The normalized spacial score (nSPS) is 10.6. The van der Waals surface area contributed by atoms with Crippen molar-refractivity contribution in [1.29, 1.82) is 0 Å². The molecule has 0 atom stereocenters. The van der Waals surface area contributed by atoms with Crippen LogP contribution < -0.4 is 0 Å². The van der Waals surface area contributed by atoms with Gasteiger partial charge in [0.2, 0.25) is 0 Å². The van der Waals surface area contributed by atoms with E-state index in [9.17, 15) is 14.9 Å². The van der Waals surface area contributed by atoms with E-state index in [0.717, 1.165) is 0 Å². The number of aromatic amines is 1.